The molecule has 1 heterocycles. The predicted molar refractivity (Wildman–Crippen MR) is 113 cm³/mol. The molecule has 0 spiro atoms. The van der Waals surface area contributed by atoms with Crippen LogP contribution >= 0.6 is 0 Å². The number of aromatic nitrogens is 4. The smallest absolute Gasteiger partial charge is 0.258 e. The third-order valence-electron chi connectivity index (χ3n) is 4.70. The zero-order chi connectivity index (χ0) is 20.8. The number of benzene rings is 3. The number of ether oxygens (including phenoxy) is 1. The summed E-state index contributed by atoms with van der Waals surface area (Å²) in [5.41, 5.74) is 4.09. The average molecular weight is 399 g/mol. The molecule has 1 amide bonds. The van der Waals surface area contributed by atoms with Gasteiger partial charge in [0.1, 0.15) is 12.1 Å². The average Bonchev–Trinajstić information content (AvgIpc) is 3.34. The van der Waals surface area contributed by atoms with Gasteiger partial charge in [0.2, 0.25) is 0 Å². The zero-order valence-corrected chi connectivity index (χ0v) is 16.5. The normalized spacial score (nSPS) is 11.6. The molecule has 3 aromatic carbocycles. The van der Waals surface area contributed by atoms with Crippen molar-refractivity contribution >= 4 is 5.91 Å². The largest absolute Gasteiger partial charge is 0.484 e. The fourth-order valence-corrected chi connectivity index (χ4v) is 3.11. The van der Waals surface area contributed by atoms with Crippen molar-refractivity contribution in [2.24, 2.45) is 0 Å². The molecule has 0 radical (unpaired) electrons. The molecule has 0 aliphatic rings. The summed E-state index contributed by atoms with van der Waals surface area (Å²) in [4.78, 5) is 12.3. The summed E-state index contributed by atoms with van der Waals surface area (Å²) < 4.78 is 7.15. The second-order valence-corrected chi connectivity index (χ2v) is 6.82. The molecule has 4 aromatic rings. The van der Waals surface area contributed by atoms with Crippen LogP contribution in [0.25, 0.3) is 16.8 Å². The van der Waals surface area contributed by atoms with Crippen molar-refractivity contribution in [3.8, 4) is 22.6 Å². The Kier molecular flexibility index (Phi) is 5.80. The van der Waals surface area contributed by atoms with Gasteiger partial charge in [-0.05, 0) is 46.2 Å². The SMILES string of the molecule is C[C@H](NC(=O)COc1cccc(-n2cnnn2)c1)c1ccc(-c2ccccc2)cc1. The number of tetrazole rings is 1. The highest BCUT2D eigenvalue weighted by atomic mass is 16.5. The van der Waals surface area contributed by atoms with Crippen molar-refractivity contribution in [3.05, 3.63) is 90.8 Å². The van der Waals surface area contributed by atoms with Crippen molar-refractivity contribution < 1.29 is 9.53 Å². The van der Waals surface area contributed by atoms with Crippen molar-refractivity contribution in [1.29, 1.82) is 0 Å². The minimum atomic E-state index is -0.192. The molecular formula is C23H21N5O2. The Morgan fingerprint density at radius 2 is 1.77 bits per heavy atom. The Morgan fingerprint density at radius 1 is 1.00 bits per heavy atom. The van der Waals surface area contributed by atoms with Crippen LogP contribution in [-0.2, 0) is 4.79 Å². The number of hydrogen-bond donors (Lipinski definition) is 1. The summed E-state index contributed by atoms with van der Waals surface area (Å²) >= 11 is 0. The van der Waals surface area contributed by atoms with Crippen LogP contribution in [0.1, 0.15) is 18.5 Å². The molecule has 0 aliphatic carbocycles. The van der Waals surface area contributed by atoms with E-state index < -0.39 is 0 Å². The van der Waals surface area contributed by atoms with Crippen molar-refractivity contribution in [2.45, 2.75) is 13.0 Å². The Hall–Kier alpha value is -4.00. The van der Waals surface area contributed by atoms with Gasteiger partial charge < -0.3 is 10.1 Å². The molecule has 0 aliphatic heterocycles. The Labute approximate surface area is 174 Å². The fraction of sp³-hybridized carbons (Fsp3) is 0.130. The van der Waals surface area contributed by atoms with Gasteiger partial charge >= 0.3 is 0 Å². The molecular weight excluding hydrogens is 378 g/mol. The molecule has 30 heavy (non-hydrogen) atoms. The van der Waals surface area contributed by atoms with E-state index >= 15 is 0 Å². The van der Waals surface area contributed by atoms with Crippen LogP contribution in [0.3, 0.4) is 0 Å². The Bertz CT molecular complexity index is 1100. The molecule has 0 fully saturated rings. The highest BCUT2D eigenvalue weighted by molar-refractivity contribution is 5.78. The highest BCUT2D eigenvalue weighted by Crippen LogP contribution is 2.22. The first-order valence-electron chi connectivity index (χ1n) is 9.60. The molecule has 150 valence electrons. The van der Waals surface area contributed by atoms with Crippen LogP contribution in [-0.4, -0.2) is 32.7 Å². The van der Waals surface area contributed by atoms with Crippen LogP contribution in [0.4, 0.5) is 0 Å². The van der Waals surface area contributed by atoms with Gasteiger partial charge in [-0.1, -0.05) is 60.7 Å². The van der Waals surface area contributed by atoms with Gasteiger partial charge in [0, 0.05) is 6.07 Å². The third kappa shape index (κ3) is 4.70. The van der Waals surface area contributed by atoms with E-state index in [4.69, 9.17) is 4.74 Å². The highest BCUT2D eigenvalue weighted by Gasteiger charge is 2.11. The molecule has 7 heteroatoms. The fourth-order valence-electron chi connectivity index (χ4n) is 3.11. The van der Waals surface area contributed by atoms with Crippen molar-refractivity contribution in [1.82, 2.24) is 25.5 Å². The molecule has 1 aromatic heterocycles. The Morgan fingerprint density at radius 3 is 2.50 bits per heavy atom. The molecule has 1 atom stereocenters. The predicted octanol–water partition coefficient (Wildman–Crippen LogP) is 3.59. The van der Waals surface area contributed by atoms with Crippen molar-refractivity contribution in [2.75, 3.05) is 6.61 Å². The molecule has 4 rings (SSSR count). The Balaban J connectivity index is 1.32. The number of carbonyl (C=O) groups is 1. The minimum absolute atomic E-state index is 0.0779. The molecule has 7 nitrogen and oxygen atoms in total. The van der Waals surface area contributed by atoms with Gasteiger partial charge in [-0.15, -0.1) is 5.10 Å². The first kappa shape index (κ1) is 19.3. The summed E-state index contributed by atoms with van der Waals surface area (Å²) in [5, 5.41) is 14.0. The van der Waals surface area contributed by atoms with Gasteiger partial charge in [-0.2, -0.15) is 0 Å². The number of nitrogens with one attached hydrogen (secondary N) is 1. The zero-order valence-electron chi connectivity index (χ0n) is 16.5. The van der Waals surface area contributed by atoms with E-state index in [1.807, 2.05) is 49.4 Å². The van der Waals surface area contributed by atoms with Crippen molar-refractivity contribution in [3.63, 3.8) is 0 Å². The first-order valence-corrected chi connectivity index (χ1v) is 9.60. The molecule has 0 unspecified atom stereocenters. The number of nitrogens with zero attached hydrogens (tertiary/aromatic N) is 4. The standard InChI is InChI=1S/C23H21N5O2/c1-17(18-10-12-20(13-11-18)19-6-3-2-4-7-19)25-23(29)15-30-22-9-5-8-21(14-22)28-16-24-26-27-28/h2-14,16-17H,15H2,1H3,(H,25,29)/t17-/m0/s1. The van der Waals surface area contributed by atoms with Crippen LogP contribution in [0.5, 0.6) is 5.75 Å². The maximum Gasteiger partial charge on any atom is 0.258 e. The van der Waals surface area contributed by atoms with E-state index in [9.17, 15) is 4.79 Å². The third-order valence-corrected chi connectivity index (χ3v) is 4.70. The lowest BCUT2D eigenvalue weighted by Gasteiger charge is -2.15. The maximum absolute atomic E-state index is 12.3. The minimum Gasteiger partial charge on any atom is -0.484 e. The topological polar surface area (TPSA) is 81.9 Å². The molecule has 0 saturated heterocycles. The number of hydrogen-bond acceptors (Lipinski definition) is 5. The van der Waals surface area contributed by atoms with E-state index in [1.165, 1.54) is 11.0 Å². The van der Waals surface area contributed by atoms with E-state index in [0.29, 0.717) is 5.75 Å². The summed E-state index contributed by atoms with van der Waals surface area (Å²) in [6.07, 6.45) is 1.50. The van der Waals surface area contributed by atoms with Crippen LogP contribution in [0.15, 0.2) is 85.2 Å². The number of amides is 1. The lowest BCUT2D eigenvalue weighted by Crippen LogP contribution is -2.31. The van der Waals surface area contributed by atoms with Crippen LogP contribution in [0.2, 0.25) is 0 Å². The van der Waals surface area contributed by atoms with Gasteiger partial charge in [0.15, 0.2) is 6.61 Å². The second-order valence-electron chi connectivity index (χ2n) is 6.82. The number of carbonyl (C=O) groups excluding carboxylic acids is 1. The first-order chi connectivity index (χ1) is 14.7. The van der Waals surface area contributed by atoms with Gasteiger partial charge in [0.25, 0.3) is 5.91 Å². The quantitative estimate of drug-likeness (QED) is 0.514. The number of rotatable bonds is 7. The molecule has 0 saturated carbocycles. The van der Waals surface area contributed by atoms with E-state index in [0.717, 1.165) is 22.4 Å². The summed E-state index contributed by atoms with van der Waals surface area (Å²) in [7, 11) is 0. The van der Waals surface area contributed by atoms with E-state index in [-0.39, 0.29) is 18.6 Å². The summed E-state index contributed by atoms with van der Waals surface area (Å²) in [6.45, 7) is 1.87. The van der Waals surface area contributed by atoms with Gasteiger partial charge in [-0.3, -0.25) is 4.79 Å². The molecule has 1 N–H and O–H groups in total. The van der Waals surface area contributed by atoms with Crippen LogP contribution in [0, 0.1) is 0 Å². The van der Waals surface area contributed by atoms with Crippen LogP contribution < -0.4 is 10.1 Å². The van der Waals surface area contributed by atoms with E-state index in [1.54, 1.807) is 12.1 Å². The lowest BCUT2D eigenvalue weighted by atomic mass is 10.0. The van der Waals surface area contributed by atoms with Gasteiger partial charge in [0.05, 0.1) is 11.7 Å². The maximum atomic E-state index is 12.3. The second kappa shape index (κ2) is 9.00. The lowest BCUT2D eigenvalue weighted by molar-refractivity contribution is -0.123. The molecule has 0 bridgehead atoms. The summed E-state index contributed by atoms with van der Waals surface area (Å²) in [6, 6.07) is 25.5. The van der Waals surface area contributed by atoms with E-state index in [2.05, 4.69) is 45.1 Å². The monoisotopic (exact) mass is 399 g/mol. The van der Waals surface area contributed by atoms with Gasteiger partial charge in [-0.25, -0.2) is 4.68 Å². The summed E-state index contributed by atoms with van der Waals surface area (Å²) in [5.74, 6) is 0.375.